The van der Waals surface area contributed by atoms with E-state index in [0.717, 1.165) is 17.5 Å². The second kappa shape index (κ2) is 11.8. The van der Waals surface area contributed by atoms with Crippen molar-refractivity contribution in [2.75, 3.05) is 23.8 Å². The van der Waals surface area contributed by atoms with Gasteiger partial charge in [-0.3, -0.25) is 0 Å². The summed E-state index contributed by atoms with van der Waals surface area (Å²) in [6.45, 7) is 9.59. The number of halogens is 1. The van der Waals surface area contributed by atoms with E-state index in [1.807, 2.05) is 31.2 Å². The number of benzene rings is 2. The number of aliphatic hydroxyl groups is 1. The van der Waals surface area contributed by atoms with Crippen LogP contribution in [0.3, 0.4) is 0 Å². The summed E-state index contributed by atoms with van der Waals surface area (Å²) in [4.78, 5) is 0. The van der Waals surface area contributed by atoms with Crippen molar-refractivity contribution < 1.29 is 18.3 Å². The lowest BCUT2D eigenvalue weighted by molar-refractivity contribution is 0.0781. The molecule has 1 fully saturated rings. The topological polar surface area (TPSA) is 102 Å². The maximum atomic E-state index is 12.7. The lowest BCUT2D eigenvalue weighted by atomic mass is 9.86. The number of nitrogen functional groups attached to an aromatic ring is 1. The molecule has 0 saturated carbocycles. The molecule has 34 heavy (non-hydrogen) atoms. The van der Waals surface area contributed by atoms with E-state index in [-0.39, 0.29) is 29.3 Å². The Kier molecular flexibility index (Phi) is 9.83. The highest BCUT2D eigenvalue weighted by atomic mass is 35.5. The van der Waals surface area contributed by atoms with Gasteiger partial charge in [0.05, 0.1) is 29.9 Å². The van der Waals surface area contributed by atoms with Gasteiger partial charge in [-0.1, -0.05) is 58.0 Å². The number of aliphatic hydroxyl groups excluding tert-OH is 1. The quantitative estimate of drug-likeness (QED) is 0.466. The standard InChI is InChI=1S/C26H38N2O4S.ClH/c1-5-11-32-24-14-18(9-10-22(24)27)12-20-16-33(30,31)17-23(25(20)29)28-15-19-7-6-8-21(13-19)26(2,3)4;/h6-10,13-14,20,23,25,28-29H,5,11-12,15-17,27H2,1-4H3;1H/t20-,23+,25+;/m1./s1. The lowest BCUT2D eigenvalue weighted by Gasteiger charge is -2.35. The van der Waals surface area contributed by atoms with Gasteiger partial charge in [0.1, 0.15) is 5.75 Å². The van der Waals surface area contributed by atoms with Crippen molar-refractivity contribution in [3.8, 4) is 5.75 Å². The molecule has 1 aliphatic heterocycles. The molecule has 4 N–H and O–H groups in total. The van der Waals surface area contributed by atoms with Crippen molar-refractivity contribution in [2.45, 2.75) is 64.6 Å². The van der Waals surface area contributed by atoms with E-state index in [4.69, 9.17) is 10.5 Å². The highest BCUT2D eigenvalue weighted by Gasteiger charge is 2.39. The van der Waals surface area contributed by atoms with Gasteiger partial charge < -0.3 is 20.9 Å². The molecule has 0 aliphatic carbocycles. The van der Waals surface area contributed by atoms with E-state index in [2.05, 4.69) is 38.2 Å². The van der Waals surface area contributed by atoms with Crippen LogP contribution in [0.4, 0.5) is 5.69 Å². The molecule has 2 aromatic carbocycles. The van der Waals surface area contributed by atoms with E-state index in [1.165, 1.54) is 5.56 Å². The largest absolute Gasteiger partial charge is 0.491 e. The van der Waals surface area contributed by atoms with Crippen molar-refractivity contribution in [1.29, 1.82) is 0 Å². The molecule has 6 nitrogen and oxygen atoms in total. The van der Waals surface area contributed by atoms with Gasteiger partial charge in [0.15, 0.2) is 9.84 Å². The normalized spacial score (nSPS) is 22.1. The Hall–Kier alpha value is -1.80. The average molecular weight is 511 g/mol. The Balaban J connectivity index is 0.00000408. The third-order valence-electron chi connectivity index (χ3n) is 6.20. The predicted molar refractivity (Wildman–Crippen MR) is 142 cm³/mol. The number of nitrogens with one attached hydrogen (secondary N) is 1. The fourth-order valence-corrected chi connectivity index (χ4v) is 6.26. The molecule has 1 aliphatic rings. The van der Waals surface area contributed by atoms with Crippen molar-refractivity contribution in [3.63, 3.8) is 0 Å². The van der Waals surface area contributed by atoms with Crippen LogP contribution in [0.15, 0.2) is 42.5 Å². The van der Waals surface area contributed by atoms with Crippen LogP contribution in [0.5, 0.6) is 5.75 Å². The third-order valence-corrected chi connectivity index (χ3v) is 8.00. The van der Waals surface area contributed by atoms with Crippen molar-refractivity contribution in [2.24, 2.45) is 5.92 Å². The van der Waals surface area contributed by atoms with E-state index >= 15 is 0 Å². The van der Waals surface area contributed by atoms with Gasteiger partial charge in [-0.25, -0.2) is 8.42 Å². The van der Waals surface area contributed by atoms with Gasteiger partial charge in [0.25, 0.3) is 0 Å². The van der Waals surface area contributed by atoms with Gasteiger partial charge >= 0.3 is 0 Å². The van der Waals surface area contributed by atoms with Crippen LogP contribution >= 0.6 is 12.4 Å². The second-order valence-electron chi connectivity index (χ2n) is 10.2. The molecular weight excluding hydrogens is 472 g/mol. The zero-order chi connectivity index (χ0) is 24.2. The minimum Gasteiger partial charge on any atom is -0.491 e. The van der Waals surface area contributed by atoms with E-state index < -0.39 is 27.9 Å². The van der Waals surface area contributed by atoms with Crippen LogP contribution in [0.25, 0.3) is 0 Å². The minimum absolute atomic E-state index is 0. The Morgan fingerprint density at radius 1 is 1.12 bits per heavy atom. The Morgan fingerprint density at radius 3 is 2.53 bits per heavy atom. The Morgan fingerprint density at radius 2 is 1.85 bits per heavy atom. The zero-order valence-corrected chi connectivity index (χ0v) is 22.2. The molecule has 3 rings (SSSR count). The first-order valence-electron chi connectivity index (χ1n) is 11.7. The maximum absolute atomic E-state index is 12.7. The van der Waals surface area contributed by atoms with Gasteiger partial charge in [-0.2, -0.15) is 0 Å². The summed E-state index contributed by atoms with van der Waals surface area (Å²) >= 11 is 0. The number of hydrogen-bond donors (Lipinski definition) is 3. The highest BCUT2D eigenvalue weighted by molar-refractivity contribution is 7.91. The number of anilines is 1. The lowest BCUT2D eigenvalue weighted by Crippen LogP contribution is -2.54. The second-order valence-corrected chi connectivity index (χ2v) is 12.3. The fourth-order valence-electron chi connectivity index (χ4n) is 4.30. The van der Waals surface area contributed by atoms with Crippen LogP contribution in [-0.4, -0.2) is 43.8 Å². The Labute approximate surface area is 210 Å². The number of sulfone groups is 1. The van der Waals surface area contributed by atoms with Crippen LogP contribution in [0.1, 0.15) is 50.8 Å². The summed E-state index contributed by atoms with van der Waals surface area (Å²) in [7, 11) is -3.28. The number of ether oxygens (including phenoxy) is 1. The van der Waals surface area contributed by atoms with E-state index in [1.54, 1.807) is 6.07 Å². The van der Waals surface area contributed by atoms with Crippen LogP contribution in [-0.2, 0) is 28.2 Å². The molecule has 0 unspecified atom stereocenters. The maximum Gasteiger partial charge on any atom is 0.152 e. The Bertz CT molecular complexity index is 1050. The summed E-state index contributed by atoms with van der Waals surface area (Å²) in [5.74, 6) is 0.123. The van der Waals surface area contributed by atoms with Crippen LogP contribution in [0.2, 0.25) is 0 Å². The first-order valence-corrected chi connectivity index (χ1v) is 13.5. The van der Waals surface area contributed by atoms with Crippen LogP contribution in [0, 0.1) is 5.92 Å². The zero-order valence-electron chi connectivity index (χ0n) is 20.6. The molecule has 8 heteroatoms. The first kappa shape index (κ1) is 28.4. The summed E-state index contributed by atoms with van der Waals surface area (Å²) in [6, 6.07) is 13.3. The fraction of sp³-hybridized carbons (Fsp3) is 0.538. The molecule has 0 spiro atoms. The SMILES string of the molecule is CCCOc1cc(C[C@@H]2CS(=O)(=O)C[C@H](NCc3cccc(C(C)(C)C)c3)[C@H]2O)ccc1N.Cl. The molecule has 190 valence electrons. The van der Waals surface area contributed by atoms with Crippen molar-refractivity contribution in [1.82, 2.24) is 5.32 Å². The molecule has 0 bridgehead atoms. The molecular formula is C26H39ClN2O4S. The molecule has 0 radical (unpaired) electrons. The van der Waals surface area contributed by atoms with Crippen molar-refractivity contribution in [3.05, 3.63) is 59.2 Å². The number of hydrogen-bond acceptors (Lipinski definition) is 6. The summed E-state index contributed by atoms with van der Waals surface area (Å²) < 4.78 is 31.0. The molecule has 1 heterocycles. The number of rotatable bonds is 8. The van der Waals surface area contributed by atoms with Gasteiger partial charge in [0, 0.05) is 18.5 Å². The summed E-state index contributed by atoms with van der Waals surface area (Å²) in [5, 5.41) is 14.4. The smallest absolute Gasteiger partial charge is 0.152 e. The molecule has 0 amide bonds. The summed E-state index contributed by atoms with van der Waals surface area (Å²) in [6.07, 6.45) is 0.549. The molecule has 3 atom stereocenters. The monoisotopic (exact) mass is 510 g/mol. The molecule has 1 saturated heterocycles. The van der Waals surface area contributed by atoms with Gasteiger partial charge in [-0.15, -0.1) is 12.4 Å². The molecule has 2 aromatic rings. The highest BCUT2D eigenvalue weighted by Crippen LogP contribution is 2.29. The third kappa shape index (κ3) is 7.60. The van der Waals surface area contributed by atoms with Gasteiger partial charge in [0.2, 0.25) is 0 Å². The van der Waals surface area contributed by atoms with E-state index in [0.29, 0.717) is 31.0 Å². The molecule has 0 aromatic heterocycles. The van der Waals surface area contributed by atoms with Crippen molar-refractivity contribution >= 4 is 27.9 Å². The predicted octanol–water partition coefficient (Wildman–Crippen LogP) is 3.88. The summed E-state index contributed by atoms with van der Waals surface area (Å²) in [5.41, 5.74) is 9.81. The first-order chi connectivity index (χ1) is 15.5. The van der Waals surface area contributed by atoms with E-state index in [9.17, 15) is 13.5 Å². The number of nitrogens with two attached hydrogens (primary N) is 1. The average Bonchev–Trinajstić information content (AvgIpc) is 2.74. The van der Waals surface area contributed by atoms with Crippen LogP contribution < -0.4 is 15.8 Å². The minimum atomic E-state index is -3.28. The van der Waals surface area contributed by atoms with Gasteiger partial charge in [-0.05, 0) is 47.1 Å².